The maximum atomic E-state index is 10.9. The number of aliphatic hydroxyl groups excluding tert-OH is 1. The average Bonchev–Trinajstić information content (AvgIpc) is 3.05. The molecule has 0 aliphatic carbocycles. The van der Waals surface area contributed by atoms with Gasteiger partial charge < -0.3 is 34.9 Å². The fraction of sp³-hybridized carbons (Fsp3) is 0.562. The lowest BCUT2D eigenvalue weighted by Gasteiger charge is -2.27. The van der Waals surface area contributed by atoms with E-state index in [2.05, 4.69) is 9.97 Å². The Morgan fingerprint density at radius 2 is 2.19 bits per heavy atom. The highest BCUT2D eigenvalue weighted by Gasteiger charge is 2.53. The molecule has 1 fully saturated rings. The summed E-state index contributed by atoms with van der Waals surface area (Å²) in [6.45, 7) is 1.66. The lowest BCUT2D eigenvalue weighted by Crippen LogP contribution is -2.44. The van der Waals surface area contributed by atoms with E-state index in [-0.39, 0.29) is 11.6 Å². The molecule has 0 spiro atoms. The Labute approximate surface area is 156 Å². The number of hydrogen-bond acceptors (Lipinski definition) is 8. The molecule has 0 amide bonds. The van der Waals surface area contributed by atoms with Crippen LogP contribution >= 0.6 is 12.2 Å². The van der Waals surface area contributed by atoms with E-state index in [1.165, 1.54) is 20.4 Å². The van der Waals surface area contributed by atoms with Gasteiger partial charge in [0.1, 0.15) is 40.6 Å². The van der Waals surface area contributed by atoms with E-state index in [0.717, 1.165) is 0 Å². The molecule has 0 aromatic carbocycles. The van der Waals surface area contributed by atoms with Gasteiger partial charge in [0, 0.05) is 33.0 Å². The van der Waals surface area contributed by atoms with Gasteiger partial charge in [-0.3, -0.25) is 0 Å². The number of methoxy groups -OCH3 is 1. The number of aromatic nitrogens is 3. The monoisotopic (exact) mass is 381 g/mol. The molecule has 142 valence electrons. The molecule has 0 saturated carbocycles. The van der Waals surface area contributed by atoms with Crippen molar-refractivity contribution in [2.24, 2.45) is 5.73 Å². The van der Waals surface area contributed by atoms with Gasteiger partial charge in [0.2, 0.25) is 0 Å². The third-order valence-electron chi connectivity index (χ3n) is 4.62. The van der Waals surface area contributed by atoms with Gasteiger partial charge in [-0.05, 0) is 6.92 Å². The van der Waals surface area contributed by atoms with E-state index < -0.39 is 24.0 Å². The maximum Gasteiger partial charge on any atom is 0.167 e. The molecule has 1 aliphatic rings. The van der Waals surface area contributed by atoms with Gasteiger partial charge in [-0.1, -0.05) is 12.2 Å². The fourth-order valence-corrected chi connectivity index (χ4v) is 3.47. The largest absolute Gasteiger partial charge is 0.389 e. The molecular formula is C16H23N5O4S. The summed E-state index contributed by atoms with van der Waals surface area (Å²) >= 11 is 5.19. The Morgan fingerprint density at radius 1 is 1.50 bits per heavy atom. The van der Waals surface area contributed by atoms with E-state index in [9.17, 15) is 10.2 Å². The third kappa shape index (κ3) is 2.83. The summed E-state index contributed by atoms with van der Waals surface area (Å²) < 4.78 is 12.6. The molecule has 0 radical (unpaired) electrons. The summed E-state index contributed by atoms with van der Waals surface area (Å²) in [5.41, 5.74) is 5.41. The second-order valence-electron chi connectivity index (χ2n) is 6.76. The minimum absolute atomic E-state index is 0.146. The van der Waals surface area contributed by atoms with Crippen molar-refractivity contribution in [1.29, 1.82) is 0 Å². The van der Waals surface area contributed by atoms with Crippen molar-refractivity contribution in [3.05, 3.63) is 18.1 Å². The Hall–Kier alpha value is -1.85. The van der Waals surface area contributed by atoms with Crippen LogP contribution in [0.2, 0.25) is 0 Å². The standard InChI is InChI=1S/C16H23N5O4S/c1-16(23)11(22)9(6-24-4)25-15(16)21-5-8(12(17)26)10-13(20(2)3)18-7-19-14(10)21/h5,7,9,11,15,22-23H,6H2,1-4H3,(H2,17,26). The zero-order chi connectivity index (χ0) is 19.2. The van der Waals surface area contributed by atoms with Crippen molar-refractivity contribution < 1.29 is 19.7 Å². The Morgan fingerprint density at radius 3 is 2.77 bits per heavy atom. The minimum Gasteiger partial charge on any atom is -0.389 e. The molecule has 26 heavy (non-hydrogen) atoms. The number of rotatable bonds is 5. The topological polar surface area (TPSA) is 119 Å². The molecule has 0 bridgehead atoms. The molecule has 4 unspecified atom stereocenters. The van der Waals surface area contributed by atoms with Gasteiger partial charge in [-0.25, -0.2) is 9.97 Å². The van der Waals surface area contributed by atoms with Crippen molar-refractivity contribution in [1.82, 2.24) is 14.5 Å². The molecule has 2 aromatic heterocycles. The van der Waals surface area contributed by atoms with E-state index in [1.54, 1.807) is 10.8 Å². The number of anilines is 1. The van der Waals surface area contributed by atoms with E-state index >= 15 is 0 Å². The lowest BCUT2D eigenvalue weighted by molar-refractivity contribution is -0.0953. The molecule has 2 aromatic rings. The first-order valence-corrected chi connectivity index (χ1v) is 8.48. The van der Waals surface area contributed by atoms with Crippen LogP contribution in [0.25, 0.3) is 11.0 Å². The molecule has 9 nitrogen and oxygen atoms in total. The van der Waals surface area contributed by atoms with Crippen LogP contribution in [0.15, 0.2) is 12.5 Å². The van der Waals surface area contributed by atoms with Gasteiger partial charge in [0.15, 0.2) is 6.23 Å². The highest BCUT2D eigenvalue weighted by atomic mass is 32.1. The molecule has 10 heteroatoms. The predicted octanol–water partition coefficient (Wildman–Crippen LogP) is -0.213. The van der Waals surface area contributed by atoms with Gasteiger partial charge in [0.05, 0.1) is 12.0 Å². The SMILES string of the molecule is COCC1OC(n2cc(C(N)=S)c3c(N(C)C)ncnc32)C(C)(O)C1O. The molecular weight excluding hydrogens is 358 g/mol. The Balaban J connectivity index is 2.20. The molecule has 3 rings (SSSR count). The highest BCUT2D eigenvalue weighted by molar-refractivity contribution is 7.80. The van der Waals surface area contributed by atoms with Crippen LogP contribution in [-0.2, 0) is 9.47 Å². The van der Waals surface area contributed by atoms with Crippen LogP contribution in [0, 0.1) is 0 Å². The van der Waals surface area contributed by atoms with Gasteiger partial charge in [-0.15, -0.1) is 0 Å². The van der Waals surface area contributed by atoms with Crippen molar-refractivity contribution in [2.45, 2.75) is 31.0 Å². The number of fused-ring (bicyclic) bond motifs is 1. The van der Waals surface area contributed by atoms with Gasteiger partial charge in [0.25, 0.3) is 0 Å². The van der Waals surface area contributed by atoms with Crippen LogP contribution in [0.3, 0.4) is 0 Å². The van der Waals surface area contributed by atoms with Crippen molar-refractivity contribution in [2.75, 3.05) is 32.7 Å². The number of thiocarbonyl (C=S) groups is 1. The zero-order valence-electron chi connectivity index (χ0n) is 15.1. The number of nitrogens with two attached hydrogens (primary N) is 1. The summed E-state index contributed by atoms with van der Waals surface area (Å²) in [7, 11) is 5.21. The Bertz CT molecular complexity index is 837. The zero-order valence-corrected chi connectivity index (χ0v) is 15.9. The molecule has 4 atom stereocenters. The van der Waals surface area contributed by atoms with E-state index in [0.29, 0.717) is 22.4 Å². The number of hydrogen-bond donors (Lipinski definition) is 3. The molecule has 1 aliphatic heterocycles. The first-order valence-electron chi connectivity index (χ1n) is 8.07. The van der Waals surface area contributed by atoms with Crippen LogP contribution in [0.4, 0.5) is 5.82 Å². The highest BCUT2D eigenvalue weighted by Crippen LogP contribution is 2.41. The summed E-state index contributed by atoms with van der Waals surface area (Å²) in [6.07, 6.45) is 0.391. The van der Waals surface area contributed by atoms with E-state index in [4.69, 9.17) is 27.4 Å². The maximum absolute atomic E-state index is 10.9. The second-order valence-corrected chi connectivity index (χ2v) is 7.20. The molecule has 4 N–H and O–H groups in total. The van der Waals surface area contributed by atoms with Gasteiger partial charge >= 0.3 is 0 Å². The fourth-order valence-electron chi connectivity index (χ4n) is 3.32. The van der Waals surface area contributed by atoms with Crippen LogP contribution < -0.4 is 10.6 Å². The summed E-state index contributed by atoms with van der Waals surface area (Å²) in [4.78, 5) is 10.6. The van der Waals surface area contributed by atoms with Crippen molar-refractivity contribution in [3.8, 4) is 0 Å². The number of aliphatic hydroxyl groups is 2. The first kappa shape index (κ1) is 18.9. The average molecular weight is 381 g/mol. The molecule has 3 heterocycles. The quantitative estimate of drug-likeness (QED) is 0.604. The summed E-state index contributed by atoms with van der Waals surface area (Å²) in [6, 6.07) is 0. The van der Waals surface area contributed by atoms with E-state index in [1.807, 2.05) is 19.0 Å². The van der Waals surface area contributed by atoms with Crippen LogP contribution in [0.1, 0.15) is 18.7 Å². The lowest BCUT2D eigenvalue weighted by atomic mass is 9.96. The smallest absolute Gasteiger partial charge is 0.167 e. The predicted molar refractivity (Wildman–Crippen MR) is 100 cm³/mol. The van der Waals surface area contributed by atoms with Crippen LogP contribution in [0.5, 0.6) is 0 Å². The normalized spacial score (nSPS) is 28.6. The van der Waals surface area contributed by atoms with Crippen molar-refractivity contribution >= 4 is 34.1 Å². The summed E-state index contributed by atoms with van der Waals surface area (Å²) in [5, 5.41) is 22.0. The van der Waals surface area contributed by atoms with Gasteiger partial charge in [-0.2, -0.15) is 0 Å². The second kappa shape index (κ2) is 6.71. The summed E-state index contributed by atoms with van der Waals surface area (Å²) in [5.74, 6) is 0.642. The van der Waals surface area contributed by atoms with Crippen LogP contribution in [-0.4, -0.2) is 75.4 Å². The number of ether oxygens (including phenoxy) is 2. The Kier molecular flexibility index (Phi) is 4.88. The first-order chi connectivity index (χ1) is 12.2. The number of nitrogens with zero attached hydrogens (tertiary/aromatic N) is 4. The minimum atomic E-state index is -1.56. The third-order valence-corrected chi connectivity index (χ3v) is 4.84. The molecule has 1 saturated heterocycles. The van der Waals surface area contributed by atoms with Crippen molar-refractivity contribution in [3.63, 3.8) is 0 Å².